The van der Waals surface area contributed by atoms with Crippen molar-refractivity contribution < 1.29 is 48.7 Å². The van der Waals surface area contributed by atoms with E-state index in [9.17, 15) is 39.8 Å². The maximum atomic E-state index is 12.2. The van der Waals surface area contributed by atoms with Gasteiger partial charge < -0.3 is 15.6 Å². The molecule has 5 aliphatic carbocycles. The number of nitrogens with one attached hydrogen (secondary N) is 1. The van der Waals surface area contributed by atoms with Gasteiger partial charge in [-0.05, 0) is 101 Å². The van der Waals surface area contributed by atoms with Gasteiger partial charge in [0, 0.05) is 12.0 Å². The van der Waals surface area contributed by atoms with Crippen LogP contribution >= 0.6 is 0 Å². The number of aliphatic hydroxyl groups is 1. The summed E-state index contributed by atoms with van der Waals surface area (Å²) in [4.78, 5) is 0. The molecular formula is C28H48N6O11S3. The molecule has 5 saturated carbocycles. The molecule has 13 atom stereocenters. The highest BCUT2D eigenvalue weighted by molar-refractivity contribution is 7.86. The molecule has 7 N–H and O–H groups in total. The molecule has 5 fully saturated rings. The third-order valence-electron chi connectivity index (χ3n) is 11.5. The number of nitrogens with two attached hydrogens (primary N) is 1. The van der Waals surface area contributed by atoms with Crippen LogP contribution in [0.4, 0.5) is 0 Å². The summed E-state index contributed by atoms with van der Waals surface area (Å²) in [6, 6.07) is -2.64. The highest BCUT2D eigenvalue weighted by Crippen LogP contribution is 2.47. The molecule has 5 aliphatic rings. The number of nitrogens with zero attached hydrogens (tertiary/aromatic N) is 4. The van der Waals surface area contributed by atoms with E-state index in [1.54, 1.807) is 0 Å². The van der Waals surface area contributed by atoms with E-state index in [1.165, 1.54) is 7.11 Å². The smallest absolute Gasteiger partial charge is 0.302 e. The van der Waals surface area contributed by atoms with Crippen LogP contribution in [0.5, 0.6) is 0 Å². The van der Waals surface area contributed by atoms with E-state index >= 15 is 0 Å². The molecule has 0 heterocycles. The van der Waals surface area contributed by atoms with E-state index in [4.69, 9.17) is 25.2 Å². The molecule has 274 valence electrons. The van der Waals surface area contributed by atoms with E-state index < -0.39 is 84.3 Å². The van der Waals surface area contributed by atoms with Crippen LogP contribution in [-0.4, -0.2) is 106 Å². The van der Waals surface area contributed by atoms with Crippen LogP contribution in [0.1, 0.15) is 77.0 Å². The minimum atomic E-state index is -4.46. The molecular weight excluding hydrogens is 693 g/mol. The summed E-state index contributed by atoms with van der Waals surface area (Å²) >= 11 is -2.73. The summed E-state index contributed by atoms with van der Waals surface area (Å²) in [5.41, 5.74) is 6.09. The van der Waals surface area contributed by atoms with Gasteiger partial charge in [0.2, 0.25) is 0 Å². The second-order valence-corrected chi connectivity index (χ2v) is 18.2. The second-order valence-electron chi connectivity index (χ2n) is 14.2. The molecule has 0 aliphatic heterocycles. The van der Waals surface area contributed by atoms with Crippen molar-refractivity contribution in [2.45, 2.75) is 130 Å². The third kappa shape index (κ3) is 8.67. The maximum absolute atomic E-state index is 12.2. The number of rotatable bonds is 9. The van der Waals surface area contributed by atoms with Gasteiger partial charge in [0.05, 0.1) is 36.6 Å². The summed E-state index contributed by atoms with van der Waals surface area (Å²) in [7, 11) is -7.26. The van der Waals surface area contributed by atoms with Gasteiger partial charge in [-0.2, -0.15) is 41.5 Å². The first-order chi connectivity index (χ1) is 22.6. The second kappa shape index (κ2) is 15.4. The molecule has 0 aromatic rings. The van der Waals surface area contributed by atoms with E-state index in [-0.39, 0.29) is 67.8 Å². The summed E-state index contributed by atoms with van der Waals surface area (Å²) in [6.07, 6.45) is 2.93. The van der Waals surface area contributed by atoms with Gasteiger partial charge in [-0.3, -0.25) is 23.3 Å². The van der Waals surface area contributed by atoms with Crippen molar-refractivity contribution in [1.82, 2.24) is 0 Å². The molecule has 0 radical (unpaired) electrons. The number of azo groups is 2. The van der Waals surface area contributed by atoms with E-state index in [2.05, 4.69) is 15.3 Å². The SMILES string of the molecule is COC(=N)C1CCC(N=NC2CCC(N=NC3C(OS(=O)O)CC4CC(S(=O)(=O)O)C(N)CC4C3O)C3CC(S(=O)(=O)O)CCC23)CC1. The largest absolute Gasteiger partial charge is 0.484 e. The Bertz CT molecular complexity index is 1460. The fourth-order valence-electron chi connectivity index (χ4n) is 8.99. The van der Waals surface area contributed by atoms with Crippen LogP contribution in [0.15, 0.2) is 20.5 Å². The van der Waals surface area contributed by atoms with Crippen LogP contribution in [0.2, 0.25) is 0 Å². The molecule has 5 rings (SSSR count). The highest BCUT2D eigenvalue weighted by atomic mass is 32.2. The van der Waals surface area contributed by atoms with Crippen molar-refractivity contribution >= 4 is 37.5 Å². The zero-order valence-corrected chi connectivity index (χ0v) is 29.3. The standard InChI is InChI=1S/C28H48N6O11S3/c1-44-28(30)14-2-4-16(5-3-14)31-32-22-8-9-23(20-12-17(47(38,39)40)6-7-18(20)22)33-34-26-24(45-46(36)37)10-15-11-25(48(41,42)43)21(29)13-19(15)27(26)35/h14-27,30,35H,2-13,29H2,1H3,(H,36,37)(H,38,39,40)(H,41,42,43). The first-order valence-corrected chi connectivity index (χ1v) is 20.7. The van der Waals surface area contributed by atoms with Crippen LogP contribution in [0.25, 0.3) is 0 Å². The molecule has 0 aromatic carbocycles. The fourth-order valence-corrected chi connectivity index (χ4v) is 11.3. The molecule has 0 spiro atoms. The first kappa shape index (κ1) is 37.7. The summed E-state index contributed by atoms with van der Waals surface area (Å²) in [5, 5.41) is 35.6. The van der Waals surface area contributed by atoms with Crippen LogP contribution in [-0.2, 0) is 40.5 Å². The monoisotopic (exact) mass is 740 g/mol. The summed E-state index contributed by atoms with van der Waals surface area (Å²) in [5.74, 6) is -1.02. The lowest BCUT2D eigenvalue weighted by Gasteiger charge is -2.48. The Balaban J connectivity index is 1.32. The van der Waals surface area contributed by atoms with Gasteiger partial charge in [-0.15, -0.1) is 0 Å². The van der Waals surface area contributed by atoms with Gasteiger partial charge in [0.15, 0.2) is 5.90 Å². The Hall–Kier alpha value is -1.52. The van der Waals surface area contributed by atoms with Crippen LogP contribution in [0.3, 0.4) is 0 Å². The van der Waals surface area contributed by atoms with Crippen molar-refractivity contribution in [2.24, 2.45) is 55.8 Å². The van der Waals surface area contributed by atoms with Crippen molar-refractivity contribution in [2.75, 3.05) is 7.11 Å². The number of ether oxygens (including phenoxy) is 1. The van der Waals surface area contributed by atoms with Gasteiger partial charge in [-0.25, -0.2) is 0 Å². The number of hydrogen-bond acceptors (Lipinski definition) is 14. The quantitative estimate of drug-likeness (QED) is 0.0654. The fraction of sp³-hybridized carbons (Fsp3) is 0.964. The van der Waals surface area contributed by atoms with Crippen molar-refractivity contribution in [1.29, 1.82) is 5.41 Å². The molecule has 0 bridgehead atoms. The molecule has 0 saturated heterocycles. The molecule has 0 aromatic heterocycles. The number of aliphatic hydroxyl groups excluding tert-OH is 1. The molecule has 48 heavy (non-hydrogen) atoms. The van der Waals surface area contributed by atoms with Gasteiger partial charge >= 0.3 is 11.4 Å². The zero-order chi connectivity index (χ0) is 35.0. The molecule has 13 unspecified atom stereocenters. The predicted octanol–water partition coefficient (Wildman–Crippen LogP) is 2.54. The lowest BCUT2D eigenvalue weighted by Crippen LogP contribution is -2.58. The van der Waals surface area contributed by atoms with Crippen molar-refractivity contribution in [3.05, 3.63) is 0 Å². The molecule has 20 heteroatoms. The highest BCUT2D eigenvalue weighted by Gasteiger charge is 2.52. The van der Waals surface area contributed by atoms with E-state index in [0.717, 1.165) is 25.7 Å². The summed E-state index contributed by atoms with van der Waals surface area (Å²) in [6.45, 7) is 0. The number of fused-ring (bicyclic) bond motifs is 2. The van der Waals surface area contributed by atoms with Crippen molar-refractivity contribution in [3.8, 4) is 0 Å². The molecule has 17 nitrogen and oxygen atoms in total. The average molecular weight is 741 g/mol. The van der Waals surface area contributed by atoms with Crippen LogP contribution in [0, 0.1) is 35.0 Å². The van der Waals surface area contributed by atoms with Gasteiger partial charge in [0.1, 0.15) is 17.4 Å². The zero-order valence-electron chi connectivity index (χ0n) is 26.8. The van der Waals surface area contributed by atoms with Crippen molar-refractivity contribution in [3.63, 3.8) is 0 Å². The van der Waals surface area contributed by atoms with E-state index in [0.29, 0.717) is 19.3 Å². The first-order valence-electron chi connectivity index (χ1n) is 16.6. The minimum absolute atomic E-state index is 0.0298. The minimum Gasteiger partial charge on any atom is -0.484 e. The lowest BCUT2D eigenvalue weighted by molar-refractivity contribution is -0.0580. The Morgan fingerprint density at radius 3 is 2.06 bits per heavy atom. The normalized spacial score (nSPS) is 43.4. The van der Waals surface area contributed by atoms with Gasteiger partial charge in [0.25, 0.3) is 20.2 Å². The number of methoxy groups -OCH3 is 1. The Kier molecular flexibility index (Phi) is 12.1. The Morgan fingerprint density at radius 2 is 1.46 bits per heavy atom. The lowest BCUT2D eigenvalue weighted by atomic mass is 9.65. The predicted molar refractivity (Wildman–Crippen MR) is 173 cm³/mol. The Labute approximate surface area is 283 Å². The Morgan fingerprint density at radius 1 is 0.812 bits per heavy atom. The average Bonchev–Trinajstić information content (AvgIpc) is 3.02. The van der Waals surface area contributed by atoms with E-state index in [1.807, 2.05) is 0 Å². The van der Waals surface area contributed by atoms with Crippen LogP contribution < -0.4 is 5.73 Å². The topological polar surface area (TPSA) is 284 Å². The molecule has 0 amide bonds. The summed E-state index contributed by atoms with van der Waals surface area (Å²) < 4.78 is 99.4. The maximum Gasteiger partial charge on any atom is 0.302 e. The third-order valence-corrected chi connectivity index (χ3v) is 14.5. The number of hydrogen-bond donors (Lipinski definition) is 6. The van der Waals surface area contributed by atoms with Gasteiger partial charge in [-0.1, -0.05) is 0 Å².